The normalized spacial score (nSPS) is 18.2. The quantitative estimate of drug-likeness (QED) is 0.824. The Balaban J connectivity index is 1.62. The maximum atomic E-state index is 13.1. The molecule has 3 rings (SSSR count). The van der Waals surface area contributed by atoms with E-state index in [0.29, 0.717) is 37.2 Å². The summed E-state index contributed by atoms with van der Waals surface area (Å²) in [6, 6.07) is 7.42. The van der Waals surface area contributed by atoms with E-state index in [4.69, 9.17) is 0 Å². The van der Waals surface area contributed by atoms with Gasteiger partial charge in [0.15, 0.2) is 0 Å². The predicted octanol–water partition coefficient (Wildman–Crippen LogP) is 3.92. The first-order valence-electron chi connectivity index (χ1n) is 8.78. The van der Waals surface area contributed by atoms with Gasteiger partial charge in [0.2, 0.25) is 0 Å². The molecule has 1 aliphatic rings. The number of amides is 1. The molecule has 1 aromatic heterocycles. The number of aromatic nitrogens is 2. The van der Waals surface area contributed by atoms with Crippen LogP contribution < -0.4 is 0 Å². The van der Waals surface area contributed by atoms with Crippen LogP contribution in [0.4, 0.5) is 13.2 Å². The predicted molar refractivity (Wildman–Crippen MR) is 91.6 cm³/mol. The van der Waals surface area contributed by atoms with Crippen LogP contribution in [0.3, 0.4) is 0 Å². The summed E-state index contributed by atoms with van der Waals surface area (Å²) in [6.45, 7) is 1.24. The number of piperidine rings is 1. The first-order chi connectivity index (χ1) is 12.3. The van der Waals surface area contributed by atoms with Crippen molar-refractivity contribution in [2.75, 3.05) is 13.1 Å². The minimum Gasteiger partial charge on any atom is -0.337 e. The van der Waals surface area contributed by atoms with Crippen LogP contribution in [0, 0.1) is 5.92 Å². The van der Waals surface area contributed by atoms with Gasteiger partial charge in [-0.25, -0.2) is 0 Å². The number of aryl methyl sites for hydroxylation is 2. The van der Waals surface area contributed by atoms with Gasteiger partial charge >= 0.3 is 6.18 Å². The van der Waals surface area contributed by atoms with Crippen molar-refractivity contribution in [2.45, 2.75) is 31.9 Å². The van der Waals surface area contributed by atoms with Crippen LogP contribution in [0.25, 0.3) is 0 Å². The van der Waals surface area contributed by atoms with Crippen molar-refractivity contribution in [1.82, 2.24) is 14.7 Å². The van der Waals surface area contributed by atoms with Crippen molar-refractivity contribution in [2.24, 2.45) is 13.0 Å². The second-order valence-corrected chi connectivity index (χ2v) is 6.83. The Morgan fingerprint density at radius 1 is 1.27 bits per heavy atom. The molecule has 0 radical (unpaired) electrons. The van der Waals surface area contributed by atoms with Crippen LogP contribution in [-0.2, 0) is 19.6 Å². The van der Waals surface area contributed by atoms with Crippen molar-refractivity contribution in [3.05, 3.63) is 53.3 Å². The molecule has 0 spiro atoms. The summed E-state index contributed by atoms with van der Waals surface area (Å²) in [5, 5.41) is 4.14. The van der Waals surface area contributed by atoms with Gasteiger partial charge < -0.3 is 4.90 Å². The highest BCUT2D eigenvalue weighted by atomic mass is 19.4. The molecule has 26 heavy (non-hydrogen) atoms. The highest BCUT2D eigenvalue weighted by Gasteiger charge is 2.33. The lowest BCUT2D eigenvalue weighted by atomic mass is 9.90. The van der Waals surface area contributed by atoms with Gasteiger partial charge in [0.25, 0.3) is 5.91 Å². The molecule has 0 N–H and O–H groups in total. The van der Waals surface area contributed by atoms with Crippen LogP contribution in [0.5, 0.6) is 0 Å². The fourth-order valence-corrected chi connectivity index (χ4v) is 3.55. The van der Waals surface area contributed by atoms with E-state index in [2.05, 4.69) is 5.10 Å². The third kappa shape index (κ3) is 4.26. The Labute approximate surface area is 150 Å². The molecule has 140 valence electrons. The number of halogens is 3. The molecule has 1 aliphatic heterocycles. The lowest BCUT2D eigenvalue weighted by Crippen LogP contribution is -2.40. The number of hydrogen-bond acceptors (Lipinski definition) is 2. The fraction of sp³-hybridized carbons (Fsp3) is 0.474. The second-order valence-electron chi connectivity index (χ2n) is 6.83. The summed E-state index contributed by atoms with van der Waals surface area (Å²) in [7, 11) is 1.76. The van der Waals surface area contributed by atoms with Crippen LogP contribution in [0.1, 0.15) is 40.9 Å². The van der Waals surface area contributed by atoms with E-state index in [0.717, 1.165) is 18.9 Å². The smallest absolute Gasteiger partial charge is 0.337 e. The molecule has 7 heteroatoms. The van der Waals surface area contributed by atoms with E-state index in [1.54, 1.807) is 41.0 Å². The van der Waals surface area contributed by atoms with Crippen LogP contribution in [-0.4, -0.2) is 33.7 Å². The van der Waals surface area contributed by atoms with E-state index in [1.165, 1.54) is 6.07 Å². The van der Waals surface area contributed by atoms with E-state index < -0.39 is 11.7 Å². The lowest BCUT2D eigenvalue weighted by Gasteiger charge is -2.32. The maximum absolute atomic E-state index is 13.1. The van der Waals surface area contributed by atoms with Crippen molar-refractivity contribution in [3.8, 4) is 0 Å². The monoisotopic (exact) mass is 365 g/mol. The molecule has 2 heterocycles. The number of nitrogens with zero attached hydrogens (tertiary/aromatic N) is 3. The SMILES string of the molecule is Cn1ccc(C(=O)N2CCC[C@H](CCc3ccccc3C(F)(F)F)C2)n1. The van der Waals surface area contributed by atoms with Crippen molar-refractivity contribution >= 4 is 5.91 Å². The molecule has 0 bridgehead atoms. The van der Waals surface area contributed by atoms with E-state index >= 15 is 0 Å². The molecule has 2 aromatic rings. The number of alkyl halides is 3. The molecule has 0 saturated carbocycles. The Bertz CT molecular complexity index is 769. The molecule has 1 saturated heterocycles. The number of hydrogen-bond donors (Lipinski definition) is 0. The maximum Gasteiger partial charge on any atom is 0.416 e. The minimum atomic E-state index is -4.33. The summed E-state index contributed by atoms with van der Waals surface area (Å²) >= 11 is 0. The zero-order chi connectivity index (χ0) is 18.7. The second kappa shape index (κ2) is 7.51. The summed E-state index contributed by atoms with van der Waals surface area (Å²) in [6.07, 6.45) is 0.197. The number of rotatable bonds is 4. The van der Waals surface area contributed by atoms with Gasteiger partial charge in [0.05, 0.1) is 5.56 Å². The van der Waals surface area contributed by atoms with Crippen LogP contribution >= 0.6 is 0 Å². The zero-order valence-corrected chi connectivity index (χ0v) is 14.7. The Morgan fingerprint density at radius 3 is 2.73 bits per heavy atom. The average Bonchev–Trinajstić information content (AvgIpc) is 3.05. The summed E-state index contributed by atoms with van der Waals surface area (Å²) in [4.78, 5) is 14.3. The average molecular weight is 365 g/mol. The van der Waals surface area contributed by atoms with Crippen LogP contribution in [0.15, 0.2) is 36.5 Å². The summed E-state index contributed by atoms with van der Waals surface area (Å²) < 4.78 is 40.9. The van der Waals surface area contributed by atoms with Crippen LogP contribution in [0.2, 0.25) is 0 Å². The molecule has 4 nitrogen and oxygen atoms in total. The van der Waals surface area contributed by atoms with Crippen molar-refractivity contribution in [1.29, 1.82) is 0 Å². The molecule has 1 amide bonds. The molecule has 0 aliphatic carbocycles. The Hall–Kier alpha value is -2.31. The van der Waals surface area contributed by atoms with Gasteiger partial charge in [-0.15, -0.1) is 0 Å². The number of likely N-dealkylation sites (tertiary alicyclic amines) is 1. The van der Waals surface area contributed by atoms with Gasteiger partial charge in [0.1, 0.15) is 5.69 Å². The van der Waals surface area contributed by atoms with Crippen molar-refractivity contribution in [3.63, 3.8) is 0 Å². The number of carbonyl (C=O) groups is 1. The highest BCUT2D eigenvalue weighted by Crippen LogP contribution is 2.33. The molecule has 0 unspecified atom stereocenters. The first-order valence-corrected chi connectivity index (χ1v) is 8.78. The van der Waals surface area contributed by atoms with Crippen molar-refractivity contribution < 1.29 is 18.0 Å². The fourth-order valence-electron chi connectivity index (χ4n) is 3.55. The van der Waals surface area contributed by atoms with Gasteiger partial charge in [-0.3, -0.25) is 9.48 Å². The molecule has 1 atom stereocenters. The largest absolute Gasteiger partial charge is 0.416 e. The van der Waals surface area contributed by atoms with E-state index in [-0.39, 0.29) is 11.8 Å². The lowest BCUT2D eigenvalue weighted by molar-refractivity contribution is -0.138. The van der Waals surface area contributed by atoms with Gasteiger partial charge in [-0.2, -0.15) is 18.3 Å². The Kier molecular flexibility index (Phi) is 5.34. The third-order valence-corrected chi connectivity index (χ3v) is 4.88. The van der Waals surface area contributed by atoms with E-state index in [1.807, 2.05) is 0 Å². The molecule has 1 fully saturated rings. The number of benzene rings is 1. The summed E-state index contributed by atoms with van der Waals surface area (Å²) in [5.41, 5.74) is 0.181. The molecular formula is C19H22F3N3O. The standard InChI is InChI=1S/C19H22F3N3O/c1-24-12-10-17(23-24)18(26)25-11-4-5-14(13-25)8-9-15-6-2-3-7-16(15)19(20,21)22/h2-3,6-7,10,12,14H,4-5,8-9,11,13H2,1H3/t14-/m1/s1. The topological polar surface area (TPSA) is 38.1 Å². The molecule has 1 aromatic carbocycles. The van der Waals surface area contributed by atoms with Gasteiger partial charge in [0, 0.05) is 26.3 Å². The third-order valence-electron chi connectivity index (χ3n) is 4.88. The number of carbonyl (C=O) groups excluding carboxylic acids is 1. The van der Waals surface area contributed by atoms with Gasteiger partial charge in [-0.05, 0) is 49.3 Å². The first kappa shape index (κ1) is 18.5. The minimum absolute atomic E-state index is 0.106. The van der Waals surface area contributed by atoms with E-state index in [9.17, 15) is 18.0 Å². The zero-order valence-electron chi connectivity index (χ0n) is 14.7. The van der Waals surface area contributed by atoms with Gasteiger partial charge in [-0.1, -0.05) is 18.2 Å². The highest BCUT2D eigenvalue weighted by molar-refractivity contribution is 5.92. The Morgan fingerprint density at radius 2 is 2.04 bits per heavy atom. The molecular weight excluding hydrogens is 343 g/mol. The summed E-state index contributed by atoms with van der Waals surface area (Å²) in [5.74, 6) is 0.101.